The number of benzene rings is 2. The van der Waals surface area contributed by atoms with Crippen molar-refractivity contribution in [3.63, 3.8) is 0 Å². The van der Waals surface area contributed by atoms with E-state index < -0.39 is 0 Å². The summed E-state index contributed by atoms with van der Waals surface area (Å²) in [6.45, 7) is 3.89. The van der Waals surface area contributed by atoms with E-state index in [2.05, 4.69) is 0 Å². The molecule has 0 fully saturated rings. The molecule has 2 aromatic carbocycles. The number of carbonyl (C=O) groups excluding carboxylic acids is 2. The smallest absolute Gasteiger partial charge is 0.311 e. The van der Waals surface area contributed by atoms with Gasteiger partial charge in [0.2, 0.25) is 0 Å². The zero-order valence-electron chi connectivity index (χ0n) is 11.1. The molecular weight excluding hydrogens is 240 g/mol. The Kier molecular flexibility index (Phi) is 3.95. The molecule has 0 spiro atoms. The van der Waals surface area contributed by atoms with Crippen LogP contribution in [0.15, 0.2) is 36.4 Å². The third kappa shape index (κ3) is 2.99. The van der Waals surface area contributed by atoms with E-state index in [0.29, 0.717) is 17.7 Å². The van der Waals surface area contributed by atoms with Gasteiger partial charge in [-0.3, -0.25) is 9.59 Å². The van der Waals surface area contributed by atoms with Crippen molar-refractivity contribution in [3.05, 3.63) is 42.0 Å². The molecule has 3 nitrogen and oxygen atoms in total. The van der Waals surface area contributed by atoms with Gasteiger partial charge in [0, 0.05) is 6.42 Å². The fourth-order valence-electron chi connectivity index (χ4n) is 1.98. The number of ether oxygens (including phenoxy) is 1. The van der Waals surface area contributed by atoms with Crippen molar-refractivity contribution in [3.8, 4) is 5.75 Å². The monoisotopic (exact) mass is 256 g/mol. The van der Waals surface area contributed by atoms with Crippen molar-refractivity contribution in [1.29, 1.82) is 0 Å². The third-order valence-corrected chi connectivity index (χ3v) is 2.85. The molecule has 0 aliphatic heterocycles. The Morgan fingerprint density at radius 1 is 1.21 bits per heavy atom. The largest absolute Gasteiger partial charge is 0.426 e. The van der Waals surface area contributed by atoms with Crippen molar-refractivity contribution in [2.45, 2.75) is 20.3 Å². The first-order chi connectivity index (χ1) is 9.11. The van der Waals surface area contributed by atoms with Gasteiger partial charge in [0.15, 0.2) is 6.29 Å². The maximum Gasteiger partial charge on any atom is 0.311 e. The number of rotatable bonds is 4. The van der Waals surface area contributed by atoms with E-state index in [1.807, 2.05) is 44.2 Å². The average molecular weight is 256 g/mol. The number of carbonyl (C=O) groups is 2. The lowest BCUT2D eigenvalue weighted by molar-refractivity contribution is -0.135. The molecule has 0 aromatic heterocycles. The lowest BCUT2D eigenvalue weighted by atomic mass is 10.0. The summed E-state index contributed by atoms with van der Waals surface area (Å²) in [4.78, 5) is 22.9. The maximum absolute atomic E-state index is 11.7. The van der Waals surface area contributed by atoms with Crippen LogP contribution in [0.3, 0.4) is 0 Å². The highest BCUT2D eigenvalue weighted by molar-refractivity contribution is 6.01. The van der Waals surface area contributed by atoms with Gasteiger partial charge < -0.3 is 4.74 Å². The lowest BCUT2D eigenvalue weighted by Gasteiger charge is -2.10. The highest BCUT2D eigenvalue weighted by Crippen LogP contribution is 2.27. The molecule has 0 amide bonds. The molecule has 0 saturated heterocycles. The molecule has 0 heterocycles. The van der Waals surface area contributed by atoms with Crippen LogP contribution in [-0.4, -0.2) is 12.3 Å². The fourth-order valence-corrected chi connectivity index (χ4v) is 1.98. The van der Waals surface area contributed by atoms with E-state index in [-0.39, 0.29) is 11.9 Å². The van der Waals surface area contributed by atoms with Crippen LogP contribution in [0.25, 0.3) is 10.8 Å². The topological polar surface area (TPSA) is 43.4 Å². The standard InChI is InChI=1S/C16H16O3/c1-11(2)9-16(18)19-15-8-7-12-5-3-4-6-13(12)14(15)10-17/h3-8,10-11H,9H2,1-2H3. The molecule has 0 atom stereocenters. The third-order valence-electron chi connectivity index (χ3n) is 2.85. The molecule has 0 saturated carbocycles. The average Bonchev–Trinajstić information content (AvgIpc) is 2.37. The number of fused-ring (bicyclic) bond motifs is 1. The minimum atomic E-state index is -0.312. The van der Waals surface area contributed by atoms with E-state index in [9.17, 15) is 9.59 Å². The first kappa shape index (κ1) is 13.3. The fraction of sp³-hybridized carbons (Fsp3) is 0.250. The normalized spacial score (nSPS) is 10.7. The van der Waals surface area contributed by atoms with Crippen LogP contribution in [0.2, 0.25) is 0 Å². The summed E-state index contributed by atoms with van der Waals surface area (Å²) in [5.74, 6) is 0.250. The first-order valence-electron chi connectivity index (χ1n) is 6.29. The van der Waals surface area contributed by atoms with E-state index in [4.69, 9.17) is 4.74 Å². The zero-order chi connectivity index (χ0) is 13.8. The quantitative estimate of drug-likeness (QED) is 0.477. The van der Waals surface area contributed by atoms with E-state index in [0.717, 1.165) is 17.1 Å². The second-order valence-corrected chi connectivity index (χ2v) is 4.89. The molecular formula is C16H16O3. The van der Waals surface area contributed by atoms with Crippen molar-refractivity contribution >= 4 is 23.0 Å². The molecule has 0 N–H and O–H groups in total. The highest BCUT2D eigenvalue weighted by atomic mass is 16.5. The Labute approximate surface area is 112 Å². The summed E-state index contributed by atoms with van der Waals surface area (Å²) in [6.07, 6.45) is 1.07. The number of hydrogen-bond donors (Lipinski definition) is 0. The summed E-state index contributed by atoms with van der Waals surface area (Å²) < 4.78 is 5.29. The van der Waals surface area contributed by atoms with Gasteiger partial charge in [-0.2, -0.15) is 0 Å². The molecule has 98 valence electrons. The molecule has 0 aliphatic rings. The zero-order valence-corrected chi connectivity index (χ0v) is 11.1. The van der Waals surface area contributed by atoms with E-state index in [1.165, 1.54) is 0 Å². The van der Waals surface area contributed by atoms with Gasteiger partial charge in [0.25, 0.3) is 0 Å². The predicted molar refractivity (Wildman–Crippen MR) is 74.4 cm³/mol. The summed E-state index contributed by atoms with van der Waals surface area (Å²) in [5.41, 5.74) is 0.426. The summed E-state index contributed by atoms with van der Waals surface area (Å²) in [6, 6.07) is 11.0. The second kappa shape index (κ2) is 5.65. The number of esters is 1. The minimum Gasteiger partial charge on any atom is -0.426 e. The van der Waals surface area contributed by atoms with Gasteiger partial charge in [0.05, 0.1) is 5.56 Å². The van der Waals surface area contributed by atoms with Crippen LogP contribution in [0.1, 0.15) is 30.6 Å². The predicted octanol–water partition coefficient (Wildman–Crippen LogP) is 3.60. The van der Waals surface area contributed by atoms with Crippen LogP contribution in [-0.2, 0) is 4.79 Å². The van der Waals surface area contributed by atoms with Crippen LogP contribution in [0.5, 0.6) is 5.75 Å². The van der Waals surface area contributed by atoms with Crippen LogP contribution < -0.4 is 4.74 Å². The molecule has 2 rings (SSSR count). The van der Waals surface area contributed by atoms with Crippen molar-refractivity contribution < 1.29 is 14.3 Å². The minimum absolute atomic E-state index is 0.229. The lowest BCUT2D eigenvalue weighted by Crippen LogP contribution is -2.12. The molecule has 19 heavy (non-hydrogen) atoms. The number of hydrogen-bond acceptors (Lipinski definition) is 3. The van der Waals surface area contributed by atoms with Gasteiger partial charge in [-0.15, -0.1) is 0 Å². The van der Waals surface area contributed by atoms with Gasteiger partial charge in [-0.25, -0.2) is 0 Å². The van der Waals surface area contributed by atoms with Crippen LogP contribution in [0.4, 0.5) is 0 Å². The van der Waals surface area contributed by atoms with Gasteiger partial charge in [0.1, 0.15) is 5.75 Å². The Morgan fingerprint density at radius 3 is 2.63 bits per heavy atom. The molecule has 2 aromatic rings. The highest BCUT2D eigenvalue weighted by Gasteiger charge is 2.13. The van der Waals surface area contributed by atoms with Gasteiger partial charge >= 0.3 is 5.97 Å². The molecule has 0 aliphatic carbocycles. The SMILES string of the molecule is CC(C)CC(=O)Oc1ccc2ccccc2c1C=O. The van der Waals surface area contributed by atoms with Gasteiger partial charge in [-0.05, 0) is 22.8 Å². The summed E-state index contributed by atoms with van der Waals surface area (Å²) in [7, 11) is 0. The van der Waals surface area contributed by atoms with Crippen molar-refractivity contribution in [2.24, 2.45) is 5.92 Å². The van der Waals surface area contributed by atoms with Crippen LogP contribution >= 0.6 is 0 Å². The molecule has 0 bridgehead atoms. The Balaban J connectivity index is 2.38. The first-order valence-corrected chi connectivity index (χ1v) is 6.29. The summed E-state index contributed by atoms with van der Waals surface area (Å²) in [5, 5.41) is 1.75. The molecule has 3 heteroatoms. The van der Waals surface area contributed by atoms with E-state index in [1.54, 1.807) is 6.07 Å². The Morgan fingerprint density at radius 2 is 1.95 bits per heavy atom. The number of aldehydes is 1. The molecule has 0 radical (unpaired) electrons. The van der Waals surface area contributed by atoms with E-state index >= 15 is 0 Å². The summed E-state index contributed by atoms with van der Waals surface area (Å²) >= 11 is 0. The molecule has 0 unspecified atom stereocenters. The van der Waals surface area contributed by atoms with Crippen molar-refractivity contribution in [1.82, 2.24) is 0 Å². The Hall–Kier alpha value is -2.16. The Bertz CT molecular complexity index is 614. The second-order valence-electron chi connectivity index (χ2n) is 4.89. The maximum atomic E-state index is 11.7. The van der Waals surface area contributed by atoms with Crippen molar-refractivity contribution in [2.75, 3.05) is 0 Å². The van der Waals surface area contributed by atoms with Crippen LogP contribution in [0, 0.1) is 5.92 Å². The van der Waals surface area contributed by atoms with Gasteiger partial charge in [-0.1, -0.05) is 44.2 Å².